The lowest BCUT2D eigenvalue weighted by Gasteiger charge is -2.11. The molecular weight excluding hydrogens is 218 g/mol. The Balaban J connectivity index is 2.37. The molecule has 0 N–H and O–H groups in total. The summed E-state index contributed by atoms with van der Waals surface area (Å²) in [6, 6.07) is 7.75. The van der Waals surface area contributed by atoms with Crippen LogP contribution in [-0.2, 0) is 0 Å². The van der Waals surface area contributed by atoms with Crippen molar-refractivity contribution in [1.82, 2.24) is 25.0 Å². The largest absolute Gasteiger partial charge is 0.474 e. The second kappa shape index (κ2) is 3.65. The van der Waals surface area contributed by atoms with Crippen molar-refractivity contribution in [1.29, 1.82) is 0 Å². The predicted octanol–water partition coefficient (Wildman–Crippen LogP) is 1.46. The van der Waals surface area contributed by atoms with E-state index >= 15 is 0 Å². The van der Waals surface area contributed by atoms with Crippen LogP contribution in [-0.4, -0.2) is 31.1 Å². The maximum absolute atomic E-state index is 5.68. The van der Waals surface area contributed by atoms with Gasteiger partial charge < -0.3 is 4.74 Å². The minimum Gasteiger partial charge on any atom is -0.474 e. The molecular formula is C11H11N5O. The molecule has 86 valence electrons. The van der Waals surface area contributed by atoms with Gasteiger partial charge in [-0.2, -0.15) is 9.50 Å². The summed E-state index contributed by atoms with van der Waals surface area (Å²) in [5, 5.41) is 12.3. The van der Waals surface area contributed by atoms with E-state index in [1.165, 1.54) is 0 Å². The van der Waals surface area contributed by atoms with Crippen LogP contribution in [0.15, 0.2) is 24.3 Å². The lowest BCUT2D eigenvalue weighted by atomic mass is 10.2. The molecule has 6 heteroatoms. The minimum atomic E-state index is 0.0595. The SMILES string of the molecule is CC(C)Oc1nc2nnnn2c2ccccc12. The Morgan fingerprint density at radius 3 is 2.88 bits per heavy atom. The van der Waals surface area contributed by atoms with Crippen molar-refractivity contribution in [2.24, 2.45) is 0 Å². The Morgan fingerprint density at radius 2 is 2.06 bits per heavy atom. The molecule has 0 fully saturated rings. The lowest BCUT2D eigenvalue weighted by Crippen LogP contribution is -2.08. The van der Waals surface area contributed by atoms with Crippen LogP contribution in [0.5, 0.6) is 5.88 Å². The van der Waals surface area contributed by atoms with Crippen LogP contribution in [0.25, 0.3) is 16.7 Å². The van der Waals surface area contributed by atoms with E-state index in [0.717, 1.165) is 10.9 Å². The van der Waals surface area contributed by atoms with Crippen molar-refractivity contribution in [2.75, 3.05) is 0 Å². The fourth-order valence-corrected chi connectivity index (χ4v) is 1.71. The van der Waals surface area contributed by atoms with Gasteiger partial charge in [-0.3, -0.25) is 0 Å². The molecule has 6 nitrogen and oxygen atoms in total. The summed E-state index contributed by atoms with van der Waals surface area (Å²) in [7, 11) is 0. The topological polar surface area (TPSA) is 65.2 Å². The van der Waals surface area contributed by atoms with Gasteiger partial charge in [0.05, 0.1) is 17.0 Å². The van der Waals surface area contributed by atoms with Gasteiger partial charge >= 0.3 is 0 Å². The summed E-state index contributed by atoms with van der Waals surface area (Å²) in [6.45, 7) is 3.92. The number of ether oxygens (including phenoxy) is 1. The molecule has 0 bridgehead atoms. The van der Waals surface area contributed by atoms with Crippen molar-refractivity contribution in [3.63, 3.8) is 0 Å². The molecule has 0 aliphatic rings. The third kappa shape index (κ3) is 1.57. The smallest absolute Gasteiger partial charge is 0.277 e. The van der Waals surface area contributed by atoms with E-state index in [4.69, 9.17) is 4.74 Å². The van der Waals surface area contributed by atoms with Gasteiger partial charge in [-0.1, -0.05) is 17.2 Å². The standard InChI is InChI=1S/C11H11N5O/c1-7(2)17-10-8-5-3-4-6-9(8)16-11(12-10)13-14-15-16/h3-7H,1-2H3. The molecule has 0 radical (unpaired) electrons. The summed E-state index contributed by atoms with van der Waals surface area (Å²) in [6.07, 6.45) is 0.0595. The van der Waals surface area contributed by atoms with Crippen LogP contribution in [0, 0.1) is 0 Å². The zero-order valence-corrected chi connectivity index (χ0v) is 9.53. The molecule has 0 unspecified atom stereocenters. The summed E-state index contributed by atoms with van der Waals surface area (Å²) in [5.41, 5.74) is 0.887. The van der Waals surface area contributed by atoms with Crippen molar-refractivity contribution < 1.29 is 4.74 Å². The number of fused-ring (bicyclic) bond motifs is 3. The Morgan fingerprint density at radius 1 is 1.24 bits per heavy atom. The van der Waals surface area contributed by atoms with E-state index in [-0.39, 0.29) is 6.10 Å². The highest BCUT2D eigenvalue weighted by atomic mass is 16.5. The first-order valence-electron chi connectivity index (χ1n) is 5.39. The van der Waals surface area contributed by atoms with E-state index < -0.39 is 0 Å². The van der Waals surface area contributed by atoms with Crippen LogP contribution < -0.4 is 4.74 Å². The highest BCUT2D eigenvalue weighted by Gasteiger charge is 2.11. The fourth-order valence-electron chi connectivity index (χ4n) is 1.71. The summed E-state index contributed by atoms with van der Waals surface area (Å²) in [4.78, 5) is 4.31. The van der Waals surface area contributed by atoms with Gasteiger partial charge in [-0.25, -0.2) is 0 Å². The molecule has 1 aromatic carbocycles. The second-order valence-corrected chi connectivity index (χ2v) is 3.99. The number of benzene rings is 1. The molecule has 2 heterocycles. The Labute approximate surface area is 97.2 Å². The van der Waals surface area contributed by atoms with Crippen molar-refractivity contribution >= 4 is 16.7 Å². The molecule has 0 aliphatic heterocycles. The maximum atomic E-state index is 5.68. The third-order valence-electron chi connectivity index (χ3n) is 2.36. The van der Waals surface area contributed by atoms with Gasteiger partial charge in [0.15, 0.2) is 0 Å². The average Bonchev–Trinajstić information content (AvgIpc) is 2.77. The van der Waals surface area contributed by atoms with Gasteiger partial charge in [-0.05, 0) is 36.4 Å². The van der Waals surface area contributed by atoms with Crippen LogP contribution >= 0.6 is 0 Å². The van der Waals surface area contributed by atoms with E-state index in [2.05, 4.69) is 20.5 Å². The number of para-hydroxylation sites is 1. The molecule has 2 aromatic heterocycles. The number of aromatic nitrogens is 5. The number of hydrogen-bond donors (Lipinski definition) is 0. The van der Waals surface area contributed by atoms with E-state index in [1.54, 1.807) is 4.52 Å². The lowest BCUT2D eigenvalue weighted by molar-refractivity contribution is 0.236. The molecule has 3 aromatic rings. The quantitative estimate of drug-likeness (QED) is 0.665. The van der Waals surface area contributed by atoms with Crippen molar-refractivity contribution in [3.05, 3.63) is 24.3 Å². The zero-order valence-electron chi connectivity index (χ0n) is 9.53. The summed E-state index contributed by atoms with van der Waals surface area (Å²) < 4.78 is 7.28. The zero-order chi connectivity index (χ0) is 11.8. The number of nitrogens with zero attached hydrogens (tertiary/aromatic N) is 5. The number of tetrazole rings is 1. The van der Waals surface area contributed by atoms with E-state index in [1.807, 2.05) is 38.1 Å². The molecule has 0 aliphatic carbocycles. The number of rotatable bonds is 2. The molecule has 0 spiro atoms. The second-order valence-electron chi connectivity index (χ2n) is 3.99. The highest BCUT2D eigenvalue weighted by molar-refractivity contribution is 5.85. The molecule has 0 saturated carbocycles. The first kappa shape index (κ1) is 9.95. The van der Waals surface area contributed by atoms with Crippen molar-refractivity contribution in [2.45, 2.75) is 20.0 Å². The Bertz CT molecular complexity index is 676. The van der Waals surface area contributed by atoms with Crippen LogP contribution in [0.2, 0.25) is 0 Å². The maximum Gasteiger partial charge on any atom is 0.277 e. The first-order valence-corrected chi connectivity index (χ1v) is 5.39. The predicted molar refractivity (Wildman–Crippen MR) is 61.8 cm³/mol. The van der Waals surface area contributed by atoms with E-state index in [9.17, 15) is 0 Å². The van der Waals surface area contributed by atoms with Gasteiger partial charge in [-0.15, -0.1) is 0 Å². The monoisotopic (exact) mass is 229 g/mol. The van der Waals surface area contributed by atoms with Crippen LogP contribution in [0.3, 0.4) is 0 Å². The molecule has 0 amide bonds. The molecule has 17 heavy (non-hydrogen) atoms. The minimum absolute atomic E-state index is 0.0595. The van der Waals surface area contributed by atoms with Gasteiger partial charge in [0, 0.05) is 0 Å². The molecule has 3 rings (SSSR count). The normalized spacial score (nSPS) is 11.5. The van der Waals surface area contributed by atoms with Crippen molar-refractivity contribution in [3.8, 4) is 5.88 Å². The van der Waals surface area contributed by atoms with Gasteiger partial charge in [0.25, 0.3) is 5.78 Å². The molecule has 0 atom stereocenters. The van der Waals surface area contributed by atoms with Crippen LogP contribution in [0.4, 0.5) is 0 Å². The Kier molecular flexibility index (Phi) is 2.14. The van der Waals surface area contributed by atoms with Crippen LogP contribution in [0.1, 0.15) is 13.8 Å². The van der Waals surface area contributed by atoms with E-state index in [0.29, 0.717) is 11.7 Å². The highest BCUT2D eigenvalue weighted by Crippen LogP contribution is 2.24. The first-order chi connectivity index (χ1) is 8.25. The van der Waals surface area contributed by atoms with Gasteiger partial charge in [0.1, 0.15) is 0 Å². The average molecular weight is 229 g/mol. The van der Waals surface area contributed by atoms with Gasteiger partial charge in [0.2, 0.25) is 5.88 Å². The Hall–Kier alpha value is -2.24. The third-order valence-corrected chi connectivity index (χ3v) is 2.36. The number of hydrogen-bond acceptors (Lipinski definition) is 5. The fraction of sp³-hybridized carbons (Fsp3) is 0.273. The summed E-state index contributed by atoms with van der Waals surface area (Å²) >= 11 is 0. The molecule has 0 saturated heterocycles. The summed E-state index contributed by atoms with van der Waals surface area (Å²) in [5.74, 6) is 1.01.